The van der Waals surface area contributed by atoms with E-state index >= 15 is 0 Å². The molecule has 1 aromatic heterocycles. The second-order valence-electron chi connectivity index (χ2n) is 5.16. The Hall–Kier alpha value is -0.870. The topological polar surface area (TPSA) is 39.1 Å². The number of hydrogen-bond donors (Lipinski definition) is 1. The maximum absolute atomic E-state index is 5.59. The molecule has 0 aromatic carbocycles. The summed E-state index contributed by atoms with van der Waals surface area (Å²) in [4.78, 5) is 4.54. The van der Waals surface area contributed by atoms with Gasteiger partial charge in [0.2, 0.25) is 0 Å². The Balaban J connectivity index is 1.79. The SMILES string of the molecule is CCOC[C@H]1CNCc2ncn(CC3CC3)c21. The average Bonchev–Trinajstić information content (AvgIpc) is 3.07. The van der Waals surface area contributed by atoms with Crippen molar-refractivity contribution in [1.29, 1.82) is 0 Å². The van der Waals surface area contributed by atoms with Gasteiger partial charge in [0.05, 0.1) is 18.6 Å². The maximum atomic E-state index is 5.59. The minimum Gasteiger partial charge on any atom is -0.381 e. The van der Waals surface area contributed by atoms with Gasteiger partial charge >= 0.3 is 0 Å². The van der Waals surface area contributed by atoms with Crippen molar-refractivity contribution in [3.8, 4) is 0 Å². The predicted octanol–water partition coefficient (Wildman–Crippen LogP) is 1.52. The largest absolute Gasteiger partial charge is 0.381 e. The van der Waals surface area contributed by atoms with Gasteiger partial charge in [0.15, 0.2) is 0 Å². The molecule has 17 heavy (non-hydrogen) atoms. The first-order chi connectivity index (χ1) is 8.38. The van der Waals surface area contributed by atoms with Gasteiger partial charge in [-0.3, -0.25) is 0 Å². The van der Waals surface area contributed by atoms with Crippen molar-refractivity contribution in [2.24, 2.45) is 5.92 Å². The van der Waals surface area contributed by atoms with E-state index in [1.165, 1.54) is 24.2 Å². The van der Waals surface area contributed by atoms with Crippen LogP contribution in [-0.4, -0.2) is 29.3 Å². The molecular weight excluding hydrogens is 214 g/mol. The van der Waals surface area contributed by atoms with E-state index in [1.807, 2.05) is 6.33 Å². The van der Waals surface area contributed by atoms with Gasteiger partial charge in [-0.15, -0.1) is 0 Å². The predicted molar refractivity (Wildman–Crippen MR) is 65.9 cm³/mol. The van der Waals surface area contributed by atoms with E-state index < -0.39 is 0 Å². The van der Waals surface area contributed by atoms with Crippen LogP contribution in [0.5, 0.6) is 0 Å². The summed E-state index contributed by atoms with van der Waals surface area (Å²) in [6.07, 6.45) is 4.80. The summed E-state index contributed by atoms with van der Waals surface area (Å²) in [5.41, 5.74) is 2.64. The summed E-state index contributed by atoms with van der Waals surface area (Å²) in [5, 5.41) is 3.43. The van der Waals surface area contributed by atoms with Crippen LogP contribution in [0.2, 0.25) is 0 Å². The zero-order valence-corrected chi connectivity index (χ0v) is 10.5. The summed E-state index contributed by atoms with van der Waals surface area (Å²) >= 11 is 0. The lowest BCUT2D eigenvalue weighted by molar-refractivity contribution is 0.127. The van der Waals surface area contributed by atoms with E-state index in [2.05, 4.69) is 21.8 Å². The van der Waals surface area contributed by atoms with E-state index in [-0.39, 0.29) is 0 Å². The van der Waals surface area contributed by atoms with Crippen molar-refractivity contribution >= 4 is 0 Å². The molecule has 1 saturated carbocycles. The fourth-order valence-electron chi connectivity index (χ4n) is 2.62. The Morgan fingerprint density at radius 2 is 2.41 bits per heavy atom. The van der Waals surface area contributed by atoms with E-state index in [1.54, 1.807) is 0 Å². The Morgan fingerprint density at radius 1 is 1.53 bits per heavy atom. The normalized spacial score (nSPS) is 23.7. The number of fused-ring (bicyclic) bond motifs is 1. The highest BCUT2D eigenvalue weighted by molar-refractivity contribution is 5.22. The van der Waals surface area contributed by atoms with Gasteiger partial charge in [-0.25, -0.2) is 4.98 Å². The molecule has 0 unspecified atom stereocenters. The van der Waals surface area contributed by atoms with Gasteiger partial charge in [-0.1, -0.05) is 0 Å². The third kappa shape index (κ3) is 2.38. The molecule has 0 saturated heterocycles. The Bertz CT molecular complexity index is 384. The van der Waals surface area contributed by atoms with Gasteiger partial charge in [0.25, 0.3) is 0 Å². The first-order valence-corrected chi connectivity index (χ1v) is 6.70. The molecule has 3 rings (SSSR count). The summed E-state index contributed by atoms with van der Waals surface area (Å²) in [6, 6.07) is 0. The average molecular weight is 235 g/mol. The van der Waals surface area contributed by atoms with Crippen molar-refractivity contribution < 1.29 is 4.74 Å². The fourth-order valence-corrected chi connectivity index (χ4v) is 2.62. The fraction of sp³-hybridized carbons (Fsp3) is 0.769. The third-order valence-corrected chi connectivity index (χ3v) is 3.70. The summed E-state index contributed by atoms with van der Waals surface area (Å²) in [5.74, 6) is 1.37. The Labute approximate surface area is 102 Å². The zero-order valence-electron chi connectivity index (χ0n) is 10.5. The lowest BCUT2D eigenvalue weighted by Crippen LogP contribution is -2.32. The second-order valence-corrected chi connectivity index (χ2v) is 5.16. The quantitative estimate of drug-likeness (QED) is 0.841. The Morgan fingerprint density at radius 3 is 3.18 bits per heavy atom. The number of rotatable bonds is 5. The number of aromatic nitrogens is 2. The van der Waals surface area contributed by atoms with Crippen molar-refractivity contribution in [3.05, 3.63) is 17.7 Å². The van der Waals surface area contributed by atoms with Crippen LogP contribution in [-0.2, 0) is 17.8 Å². The third-order valence-electron chi connectivity index (χ3n) is 3.70. The van der Waals surface area contributed by atoms with Crippen LogP contribution in [0.4, 0.5) is 0 Å². The minimum atomic E-state index is 0.472. The first-order valence-electron chi connectivity index (χ1n) is 6.70. The molecule has 94 valence electrons. The summed E-state index contributed by atoms with van der Waals surface area (Å²) < 4.78 is 7.97. The van der Waals surface area contributed by atoms with Crippen molar-refractivity contribution in [1.82, 2.24) is 14.9 Å². The van der Waals surface area contributed by atoms with E-state index in [4.69, 9.17) is 4.74 Å². The van der Waals surface area contributed by atoms with Crippen LogP contribution in [0, 0.1) is 5.92 Å². The van der Waals surface area contributed by atoms with Crippen LogP contribution >= 0.6 is 0 Å². The van der Waals surface area contributed by atoms with E-state index in [9.17, 15) is 0 Å². The van der Waals surface area contributed by atoms with Gasteiger partial charge < -0.3 is 14.6 Å². The molecule has 0 amide bonds. The molecule has 0 radical (unpaired) electrons. The number of nitrogens with one attached hydrogen (secondary N) is 1. The lowest BCUT2D eigenvalue weighted by atomic mass is 10.0. The zero-order chi connectivity index (χ0) is 11.7. The molecule has 1 aromatic rings. The molecule has 0 bridgehead atoms. The first kappa shape index (κ1) is 11.2. The lowest BCUT2D eigenvalue weighted by Gasteiger charge is -2.25. The molecule has 1 aliphatic carbocycles. The van der Waals surface area contributed by atoms with Crippen LogP contribution in [0.15, 0.2) is 6.33 Å². The minimum absolute atomic E-state index is 0.472. The van der Waals surface area contributed by atoms with Crippen LogP contribution in [0.25, 0.3) is 0 Å². The number of nitrogens with zero attached hydrogens (tertiary/aromatic N) is 2. The molecular formula is C13H21N3O. The molecule has 1 fully saturated rings. The van der Waals surface area contributed by atoms with Gasteiger partial charge in [-0.05, 0) is 25.7 Å². The number of imidazole rings is 1. The Kier molecular flexibility index (Phi) is 3.16. The highest BCUT2D eigenvalue weighted by Gasteiger charge is 2.28. The standard InChI is InChI=1S/C13H21N3O/c1-2-17-8-11-5-14-6-12-13(11)16(9-15-12)7-10-3-4-10/h9-11,14H,2-8H2,1H3/t11-/m1/s1. The van der Waals surface area contributed by atoms with Crippen molar-refractivity contribution in [2.75, 3.05) is 19.8 Å². The van der Waals surface area contributed by atoms with Crippen LogP contribution in [0.3, 0.4) is 0 Å². The van der Waals surface area contributed by atoms with Crippen LogP contribution < -0.4 is 5.32 Å². The monoisotopic (exact) mass is 235 g/mol. The second kappa shape index (κ2) is 4.78. The highest BCUT2D eigenvalue weighted by atomic mass is 16.5. The molecule has 2 aliphatic rings. The van der Waals surface area contributed by atoms with Gasteiger partial charge in [0.1, 0.15) is 0 Å². The van der Waals surface area contributed by atoms with Gasteiger partial charge in [-0.2, -0.15) is 0 Å². The van der Waals surface area contributed by atoms with Gasteiger partial charge in [0, 0.05) is 37.9 Å². The molecule has 4 heteroatoms. The number of hydrogen-bond acceptors (Lipinski definition) is 3. The molecule has 1 atom stereocenters. The molecule has 0 spiro atoms. The molecule has 1 aliphatic heterocycles. The molecule has 1 N–H and O–H groups in total. The van der Waals surface area contributed by atoms with E-state index in [0.717, 1.165) is 38.8 Å². The van der Waals surface area contributed by atoms with E-state index in [0.29, 0.717) is 5.92 Å². The van der Waals surface area contributed by atoms with Crippen molar-refractivity contribution in [3.63, 3.8) is 0 Å². The summed E-state index contributed by atoms with van der Waals surface area (Å²) in [7, 11) is 0. The molecule has 4 nitrogen and oxygen atoms in total. The smallest absolute Gasteiger partial charge is 0.0952 e. The maximum Gasteiger partial charge on any atom is 0.0952 e. The summed E-state index contributed by atoms with van der Waals surface area (Å²) in [6.45, 7) is 6.75. The molecule has 2 heterocycles. The van der Waals surface area contributed by atoms with Crippen LogP contribution in [0.1, 0.15) is 37.1 Å². The highest BCUT2D eigenvalue weighted by Crippen LogP contribution is 2.33. The van der Waals surface area contributed by atoms with Crippen molar-refractivity contribution in [2.45, 2.75) is 38.8 Å². The number of ether oxygens (including phenoxy) is 1.